The van der Waals surface area contributed by atoms with Gasteiger partial charge in [0, 0.05) is 26.2 Å². The fourth-order valence-electron chi connectivity index (χ4n) is 1.75. The topological polar surface area (TPSA) is 62.6 Å². The van der Waals surface area contributed by atoms with Gasteiger partial charge in [0.1, 0.15) is 5.84 Å². The Morgan fingerprint density at radius 3 is 2.82 bits per heavy atom. The Labute approximate surface area is 101 Å². The summed E-state index contributed by atoms with van der Waals surface area (Å²) in [5.41, 5.74) is 0. The summed E-state index contributed by atoms with van der Waals surface area (Å²) in [6.45, 7) is 0.858. The van der Waals surface area contributed by atoms with Gasteiger partial charge < -0.3 is 4.90 Å². The lowest BCUT2D eigenvalue weighted by Gasteiger charge is -2.25. The van der Waals surface area contributed by atoms with E-state index in [1.54, 1.807) is 12.1 Å². The van der Waals surface area contributed by atoms with Crippen LogP contribution in [0.2, 0.25) is 0 Å². The molecule has 0 unspecified atom stereocenters. The second kappa shape index (κ2) is 4.83. The number of sulfonamides is 1. The molecule has 5 nitrogen and oxygen atoms in total. The van der Waals surface area contributed by atoms with Crippen molar-refractivity contribution in [1.82, 2.24) is 9.88 Å². The maximum atomic E-state index is 12.0. The molecule has 0 amide bonds. The van der Waals surface area contributed by atoms with Crippen molar-refractivity contribution in [2.75, 3.05) is 13.6 Å². The van der Waals surface area contributed by atoms with Crippen LogP contribution in [0.3, 0.4) is 0 Å². The number of aromatic nitrogens is 1. The van der Waals surface area contributed by atoms with Gasteiger partial charge in [0.2, 0.25) is 0 Å². The van der Waals surface area contributed by atoms with Crippen LogP contribution in [0.4, 0.5) is 0 Å². The number of piperidine rings is 1. The van der Waals surface area contributed by atoms with Crippen LogP contribution in [0.1, 0.15) is 19.3 Å². The second-order valence-electron chi connectivity index (χ2n) is 4.03. The van der Waals surface area contributed by atoms with E-state index in [4.69, 9.17) is 0 Å². The summed E-state index contributed by atoms with van der Waals surface area (Å²) >= 11 is 0. The summed E-state index contributed by atoms with van der Waals surface area (Å²) in [5, 5.41) is 0.00599. The molecule has 6 heteroatoms. The Morgan fingerprint density at radius 2 is 2.18 bits per heavy atom. The van der Waals surface area contributed by atoms with E-state index in [2.05, 4.69) is 9.38 Å². The van der Waals surface area contributed by atoms with E-state index >= 15 is 0 Å². The average molecular weight is 253 g/mol. The van der Waals surface area contributed by atoms with Gasteiger partial charge >= 0.3 is 10.0 Å². The fourth-order valence-corrected chi connectivity index (χ4v) is 2.80. The third-order valence-electron chi connectivity index (χ3n) is 2.71. The van der Waals surface area contributed by atoms with Gasteiger partial charge in [-0.05, 0) is 25.0 Å². The molecule has 2 heterocycles. The Bertz CT molecular complexity index is 511. The molecule has 2 rings (SSSR count). The molecule has 1 fully saturated rings. The first-order valence-electron chi connectivity index (χ1n) is 5.55. The monoisotopic (exact) mass is 253 g/mol. The normalized spacial score (nSPS) is 19.6. The zero-order chi connectivity index (χ0) is 12.3. The van der Waals surface area contributed by atoms with Crippen molar-refractivity contribution in [2.24, 2.45) is 4.40 Å². The zero-order valence-electron chi connectivity index (χ0n) is 9.70. The molecule has 0 saturated carbocycles. The van der Waals surface area contributed by atoms with E-state index in [1.165, 1.54) is 12.3 Å². The van der Waals surface area contributed by atoms with Crippen molar-refractivity contribution in [2.45, 2.75) is 24.3 Å². The fraction of sp³-hybridized carbons (Fsp3) is 0.455. The van der Waals surface area contributed by atoms with Crippen LogP contribution in [0, 0.1) is 0 Å². The lowest BCUT2D eigenvalue weighted by Crippen LogP contribution is -2.32. The van der Waals surface area contributed by atoms with Gasteiger partial charge in [-0.1, -0.05) is 6.07 Å². The van der Waals surface area contributed by atoms with Crippen LogP contribution in [-0.2, 0) is 10.0 Å². The van der Waals surface area contributed by atoms with Gasteiger partial charge in [-0.2, -0.15) is 8.42 Å². The molecule has 1 saturated heterocycles. The van der Waals surface area contributed by atoms with Crippen molar-refractivity contribution in [3.05, 3.63) is 24.4 Å². The third-order valence-corrected chi connectivity index (χ3v) is 3.93. The molecule has 0 atom stereocenters. The Kier molecular flexibility index (Phi) is 3.42. The van der Waals surface area contributed by atoms with Crippen LogP contribution in [0.15, 0.2) is 33.8 Å². The Hall–Kier alpha value is -1.43. The molecule has 1 aliphatic rings. The summed E-state index contributed by atoms with van der Waals surface area (Å²) in [5.74, 6) is 0.627. The summed E-state index contributed by atoms with van der Waals surface area (Å²) in [7, 11) is -1.79. The van der Waals surface area contributed by atoms with E-state index < -0.39 is 10.0 Å². The molecule has 1 aromatic heterocycles. The number of likely N-dealkylation sites (tertiary alicyclic amines) is 1. The second-order valence-corrected chi connectivity index (χ2v) is 5.58. The van der Waals surface area contributed by atoms with E-state index in [1.807, 2.05) is 11.9 Å². The molecule has 0 bridgehead atoms. The van der Waals surface area contributed by atoms with Crippen molar-refractivity contribution < 1.29 is 8.42 Å². The van der Waals surface area contributed by atoms with Gasteiger partial charge in [0.25, 0.3) is 0 Å². The summed E-state index contributed by atoms with van der Waals surface area (Å²) < 4.78 is 27.8. The number of hydrogen-bond acceptors (Lipinski definition) is 3. The maximum absolute atomic E-state index is 12.0. The van der Waals surface area contributed by atoms with Crippen LogP contribution in [0.25, 0.3) is 0 Å². The van der Waals surface area contributed by atoms with Gasteiger partial charge in [-0.25, -0.2) is 4.98 Å². The quantitative estimate of drug-likeness (QED) is 0.796. The standard InChI is InChI=1S/C11H15N3O2S/c1-14-9-5-3-6-10(14)13-17(15,16)11-7-2-4-8-12-11/h2,4,7-8H,3,5-6,9H2,1H3/b13-10-. The highest BCUT2D eigenvalue weighted by Crippen LogP contribution is 2.14. The number of nitrogens with zero attached hydrogens (tertiary/aromatic N) is 3. The molecule has 0 radical (unpaired) electrons. The third kappa shape index (κ3) is 2.82. The van der Waals surface area contributed by atoms with E-state index in [9.17, 15) is 8.42 Å². The zero-order valence-corrected chi connectivity index (χ0v) is 10.5. The van der Waals surface area contributed by atoms with Crippen molar-refractivity contribution >= 4 is 15.9 Å². The first-order chi connectivity index (χ1) is 8.09. The predicted molar refractivity (Wildman–Crippen MR) is 65.3 cm³/mol. The van der Waals surface area contributed by atoms with Gasteiger partial charge in [-0.3, -0.25) is 0 Å². The molecule has 1 aromatic rings. The van der Waals surface area contributed by atoms with Gasteiger partial charge in [0.05, 0.1) is 0 Å². The van der Waals surface area contributed by atoms with Gasteiger partial charge in [0.15, 0.2) is 5.03 Å². The molecule has 92 valence electrons. The summed E-state index contributed by atoms with van der Waals surface area (Å²) in [6, 6.07) is 4.78. The van der Waals surface area contributed by atoms with Crippen molar-refractivity contribution in [3.63, 3.8) is 0 Å². The molecule has 0 spiro atoms. The van der Waals surface area contributed by atoms with Crippen LogP contribution >= 0.6 is 0 Å². The molecular formula is C11H15N3O2S. The van der Waals surface area contributed by atoms with E-state index in [0.717, 1.165) is 19.4 Å². The molecule has 0 aliphatic carbocycles. The predicted octanol–water partition coefficient (Wildman–Crippen LogP) is 1.28. The lowest BCUT2D eigenvalue weighted by molar-refractivity contribution is 0.434. The lowest BCUT2D eigenvalue weighted by atomic mass is 10.1. The highest BCUT2D eigenvalue weighted by molar-refractivity contribution is 7.90. The number of amidine groups is 1. The summed E-state index contributed by atoms with van der Waals surface area (Å²) in [4.78, 5) is 5.72. The maximum Gasteiger partial charge on any atom is 0.301 e. The molecule has 1 aliphatic heterocycles. The number of pyridine rings is 1. The van der Waals surface area contributed by atoms with Gasteiger partial charge in [-0.15, -0.1) is 4.40 Å². The minimum Gasteiger partial charge on any atom is -0.362 e. The largest absolute Gasteiger partial charge is 0.362 e. The van der Waals surface area contributed by atoms with E-state index in [-0.39, 0.29) is 5.03 Å². The van der Waals surface area contributed by atoms with E-state index in [0.29, 0.717) is 12.3 Å². The first-order valence-corrected chi connectivity index (χ1v) is 6.99. The Balaban J connectivity index is 2.31. The SMILES string of the molecule is CN1CCCC/C1=N/S(=O)(=O)c1ccccn1. The van der Waals surface area contributed by atoms with Crippen LogP contribution in [0.5, 0.6) is 0 Å². The summed E-state index contributed by atoms with van der Waals surface area (Å²) in [6.07, 6.45) is 4.24. The highest BCUT2D eigenvalue weighted by Gasteiger charge is 2.19. The van der Waals surface area contributed by atoms with Crippen molar-refractivity contribution in [1.29, 1.82) is 0 Å². The number of hydrogen-bond donors (Lipinski definition) is 0. The molecule has 0 aromatic carbocycles. The minimum atomic E-state index is -3.66. The highest BCUT2D eigenvalue weighted by atomic mass is 32.2. The first kappa shape index (κ1) is 12.0. The minimum absolute atomic E-state index is 0.00599. The average Bonchev–Trinajstić information content (AvgIpc) is 2.33. The Morgan fingerprint density at radius 1 is 1.35 bits per heavy atom. The molecule has 0 N–H and O–H groups in total. The van der Waals surface area contributed by atoms with Crippen LogP contribution < -0.4 is 0 Å². The van der Waals surface area contributed by atoms with Crippen molar-refractivity contribution in [3.8, 4) is 0 Å². The smallest absolute Gasteiger partial charge is 0.301 e. The molecular weight excluding hydrogens is 238 g/mol. The number of rotatable bonds is 2. The molecule has 17 heavy (non-hydrogen) atoms. The van der Waals surface area contributed by atoms with Crippen LogP contribution in [-0.4, -0.2) is 37.7 Å².